The Kier molecular flexibility index (Phi) is 7.98. The average molecular weight is 474 g/mol. The van der Waals surface area contributed by atoms with Crippen LogP contribution in [0.2, 0.25) is 0 Å². The summed E-state index contributed by atoms with van der Waals surface area (Å²) in [4.78, 5) is 39.4. The molecule has 0 saturated heterocycles. The maximum absolute atomic E-state index is 13.7. The molecule has 1 heterocycles. The molecule has 0 spiro atoms. The molecule has 184 valence electrons. The fourth-order valence-electron chi connectivity index (χ4n) is 4.61. The molecule has 3 atom stereocenters. The monoisotopic (exact) mass is 473 g/mol. The fraction of sp³-hybridized carbons (Fsp3) is 0.480. The number of hydrogen-bond donors (Lipinski definition) is 1. The molecule has 0 unspecified atom stereocenters. The summed E-state index contributed by atoms with van der Waals surface area (Å²) in [6.07, 6.45) is 0.452. The van der Waals surface area contributed by atoms with Crippen LogP contribution in [0, 0.1) is 11.8 Å². The number of rotatable bonds is 8. The number of carbonyl (C=O) groups is 3. The van der Waals surface area contributed by atoms with Crippen molar-refractivity contribution < 1.29 is 38.1 Å². The van der Waals surface area contributed by atoms with Gasteiger partial charge in [0, 0.05) is 30.0 Å². The highest BCUT2D eigenvalue weighted by molar-refractivity contribution is 6.12. The molecule has 0 radical (unpaired) electrons. The summed E-state index contributed by atoms with van der Waals surface area (Å²) in [6, 6.07) is 5.22. The zero-order valence-electron chi connectivity index (χ0n) is 20.4. The van der Waals surface area contributed by atoms with Crippen LogP contribution in [0.25, 0.3) is 0 Å². The molecule has 1 aliphatic heterocycles. The van der Waals surface area contributed by atoms with Gasteiger partial charge in [-0.25, -0.2) is 4.79 Å². The first-order valence-electron chi connectivity index (χ1n) is 11.0. The van der Waals surface area contributed by atoms with Gasteiger partial charge in [0.25, 0.3) is 0 Å². The van der Waals surface area contributed by atoms with Crippen molar-refractivity contribution in [2.24, 2.45) is 11.8 Å². The zero-order valence-corrected chi connectivity index (χ0v) is 20.4. The number of ether oxygens (including phenoxy) is 5. The maximum atomic E-state index is 13.7. The lowest BCUT2D eigenvalue weighted by atomic mass is 9.69. The van der Waals surface area contributed by atoms with Crippen LogP contribution >= 0.6 is 0 Å². The first-order chi connectivity index (χ1) is 16.3. The lowest BCUT2D eigenvalue weighted by molar-refractivity contribution is -0.151. The highest BCUT2D eigenvalue weighted by Crippen LogP contribution is 2.46. The number of allylic oxidation sites excluding steroid dienone is 3. The summed E-state index contributed by atoms with van der Waals surface area (Å²) in [5, 5.41) is 3.23. The quantitative estimate of drug-likeness (QED) is 0.346. The molecule has 9 heteroatoms. The number of carbonyl (C=O) groups excluding carboxylic acids is 3. The Hall–Kier alpha value is -3.33. The van der Waals surface area contributed by atoms with Gasteiger partial charge < -0.3 is 29.0 Å². The second-order valence-corrected chi connectivity index (χ2v) is 8.28. The number of methoxy groups -OCH3 is 4. The molecule has 1 aromatic carbocycles. The Morgan fingerprint density at radius 3 is 2.38 bits per heavy atom. The first-order valence-corrected chi connectivity index (χ1v) is 11.0. The summed E-state index contributed by atoms with van der Waals surface area (Å²) >= 11 is 0. The van der Waals surface area contributed by atoms with Crippen molar-refractivity contribution in [3.8, 4) is 11.5 Å². The lowest BCUT2D eigenvalue weighted by Crippen LogP contribution is -2.43. The van der Waals surface area contributed by atoms with Crippen molar-refractivity contribution >= 4 is 17.7 Å². The molecule has 1 N–H and O–H groups in total. The molecule has 0 saturated carbocycles. The van der Waals surface area contributed by atoms with E-state index in [4.69, 9.17) is 23.7 Å². The van der Waals surface area contributed by atoms with E-state index in [2.05, 4.69) is 5.32 Å². The minimum atomic E-state index is -0.961. The largest absolute Gasteiger partial charge is 0.493 e. The second-order valence-electron chi connectivity index (χ2n) is 8.28. The van der Waals surface area contributed by atoms with E-state index in [0.717, 1.165) is 0 Å². The van der Waals surface area contributed by atoms with E-state index >= 15 is 0 Å². The van der Waals surface area contributed by atoms with E-state index in [9.17, 15) is 14.4 Å². The summed E-state index contributed by atoms with van der Waals surface area (Å²) in [5.74, 6) is -2.57. The normalized spacial score (nSPS) is 22.1. The number of esters is 2. The maximum Gasteiger partial charge on any atom is 0.336 e. The predicted octanol–water partition coefficient (Wildman–Crippen LogP) is 2.51. The van der Waals surface area contributed by atoms with E-state index in [-0.39, 0.29) is 30.5 Å². The number of ketones is 1. The van der Waals surface area contributed by atoms with Crippen LogP contribution < -0.4 is 14.8 Å². The molecule has 0 fully saturated rings. The van der Waals surface area contributed by atoms with Gasteiger partial charge in [-0.15, -0.1) is 0 Å². The Bertz CT molecular complexity index is 1040. The van der Waals surface area contributed by atoms with E-state index in [1.807, 2.05) is 6.92 Å². The highest BCUT2D eigenvalue weighted by Gasteiger charge is 2.47. The van der Waals surface area contributed by atoms with Crippen molar-refractivity contribution in [1.29, 1.82) is 0 Å². The Morgan fingerprint density at radius 2 is 1.76 bits per heavy atom. The van der Waals surface area contributed by atoms with E-state index in [0.29, 0.717) is 40.5 Å². The van der Waals surface area contributed by atoms with Crippen molar-refractivity contribution in [1.82, 2.24) is 5.32 Å². The van der Waals surface area contributed by atoms with Gasteiger partial charge in [-0.2, -0.15) is 0 Å². The Balaban J connectivity index is 2.17. The molecule has 0 amide bonds. The first kappa shape index (κ1) is 25.3. The van der Waals surface area contributed by atoms with Crippen molar-refractivity contribution in [3.05, 3.63) is 46.3 Å². The van der Waals surface area contributed by atoms with E-state index in [1.54, 1.807) is 25.1 Å². The summed E-state index contributed by atoms with van der Waals surface area (Å²) < 4.78 is 26.2. The van der Waals surface area contributed by atoms with Gasteiger partial charge in [0.2, 0.25) is 0 Å². The number of Topliss-reactive ketones (excluding diaryl/α,β-unsaturated/α-hetero) is 1. The van der Waals surface area contributed by atoms with Crippen LogP contribution in [0.1, 0.15) is 31.7 Å². The molecule has 0 bridgehead atoms. The second kappa shape index (κ2) is 10.7. The van der Waals surface area contributed by atoms with E-state index < -0.39 is 23.8 Å². The molecule has 9 nitrogen and oxygen atoms in total. The van der Waals surface area contributed by atoms with E-state index in [1.165, 1.54) is 28.4 Å². The van der Waals surface area contributed by atoms with Gasteiger partial charge in [-0.1, -0.05) is 13.0 Å². The van der Waals surface area contributed by atoms with Crippen molar-refractivity contribution in [3.63, 3.8) is 0 Å². The van der Waals surface area contributed by atoms with Crippen LogP contribution in [0.3, 0.4) is 0 Å². The molecule has 0 aromatic heterocycles. The average Bonchev–Trinajstić information content (AvgIpc) is 2.82. The summed E-state index contributed by atoms with van der Waals surface area (Å²) in [6.45, 7) is 3.91. The third kappa shape index (κ3) is 4.65. The predicted molar refractivity (Wildman–Crippen MR) is 122 cm³/mol. The van der Waals surface area contributed by atoms with Crippen LogP contribution in [-0.2, 0) is 28.6 Å². The fourth-order valence-corrected chi connectivity index (χ4v) is 4.61. The Labute approximate surface area is 199 Å². The molecular formula is C25H31NO8. The highest BCUT2D eigenvalue weighted by atomic mass is 16.6. The third-order valence-electron chi connectivity index (χ3n) is 6.22. The van der Waals surface area contributed by atoms with Gasteiger partial charge in [0.05, 0.1) is 33.5 Å². The van der Waals surface area contributed by atoms with Gasteiger partial charge in [0.15, 0.2) is 17.3 Å². The SMILES string of the molecule is COCCOC(=O)C1=C(C)NC2=C(C(=O)[C@@H](C(=O)OC)[C@H](C)C2)[C@@H]1c1ccc(OC)c(OC)c1. The Morgan fingerprint density at radius 1 is 1.06 bits per heavy atom. The minimum absolute atomic E-state index is 0.0619. The third-order valence-corrected chi connectivity index (χ3v) is 6.22. The van der Waals surface area contributed by atoms with Gasteiger partial charge in [-0.3, -0.25) is 9.59 Å². The molecule has 3 rings (SSSR count). The number of dihydropyridines is 1. The smallest absolute Gasteiger partial charge is 0.336 e. The molecular weight excluding hydrogens is 442 g/mol. The molecule has 34 heavy (non-hydrogen) atoms. The number of nitrogens with one attached hydrogen (secondary N) is 1. The van der Waals surface area contributed by atoms with Crippen molar-refractivity contribution in [2.45, 2.75) is 26.2 Å². The molecule has 1 aliphatic carbocycles. The van der Waals surface area contributed by atoms with Gasteiger partial charge in [0.1, 0.15) is 12.5 Å². The standard InChI is InChI=1S/C25H31NO8/c1-13-11-16-22(23(27)19(13)24(28)33-6)21(15-7-8-17(31-4)18(12-15)32-5)20(14(2)26-16)25(29)34-10-9-30-3/h7-8,12-13,19,21,26H,9-11H2,1-6H3/t13-,19+,21-/m1/s1. The van der Waals surface area contributed by atoms with Crippen molar-refractivity contribution in [2.75, 3.05) is 41.7 Å². The lowest BCUT2D eigenvalue weighted by Gasteiger charge is -2.38. The van der Waals surface area contributed by atoms with Crippen LogP contribution in [0.5, 0.6) is 11.5 Å². The van der Waals surface area contributed by atoms with Gasteiger partial charge >= 0.3 is 11.9 Å². The van der Waals surface area contributed by atoms with Crippen LogP contribution in [-0.4, -0.2) is 59.4 Å². The summed E-state index contributed by atoms with van der Waals surface area (Å²) in [5.41, 5.74) is 2.54. The number of benzene rings is 1. The molecule has 2 aliphatic rings. The zero-order chi connectivity index (χ0) is 25.0. The minimum Gasteiger partial charge on any atom is -0.493 e. The van der Waals surface area contributed by atoms with Crippen LogP contribution in [0.4, 0.5) is 0 Å². The van der Waals surface area contributed by atoms with Crippen LogP contribution in [0.15, 0.2) is 40.7 Å². The topological polar surface area (TPSA) is 109 Å². The number of hydrogen-bond acceptors (Lipinski definition) is 9. The summed E-state index contributed by atoms with van der Waals surface area (Å²) in [7, 11) is 5.81. The molecule has 1 aromatic rings. The van der Waals surface area contributed by atoms with Gasteiger partial charge in [-0.05, 0) is 37.0 Å².